The van der Waals surface area contributed by atoms with E-state index in [0.717, 1.165) is 25.9 Å². The molecule has 1 aliphatic heterocycles. The van der Waals surface area contributed by atoms with Crippen molar-refractivity contribution in [1.29, 1.82) is 5.26 Å². The van der Waals surface area contributed by atoms with E-state index in [1.165, 1.54) is 6.07 Å². The Morgan fingerprint density at radius 2 is 2.06 bits per heavy atom. The van der Waals surface area contributed by atoms with Gasteiger partial charge in [0.05, 0.1) is 6.07 Å². The van der Waals surface area contributed by atoms with E-state index >= 15 is 0 Å². The van der Waals surface area contributed by atoms with Crippen molar-refractivity contribution in [2.45, 2.75) is 32.0 Å². The van der Waals surface area contributed by atoms with Gasteiger partial charge in [0.1, 0.15) is 0 Å². The smallest absolute Gasteiger partial charge is 0.305 e. The molecule has 2 unspecified atom stereocenters. The van der Waals surface area contributed by atoms with E-state index < -0.39 is 12.1 Å². The van der Waals surface area contributed by atoms with Gasteiger partial charge >= 0.3 is 6.18 Å². The lowest BCUT2D eigenvalue weighted by molar-refractivity contribution is -0.164. The second kappa shape index (κ2) is 6.39. The van der Waals surface area contributed by atoms with Gasteiger partial charge in [0.25, 0.3) is 0 Å². The molecule has 1 heterocycles. The molecule has 0 aromatic rings. The zero-order chi connectivity index (χ0) is 13.8. The van der Waals surface area contributed by atoms with Gasteiger partial charge in [0.15, 0.2) is 5.92 Å². The van der Waals surface area contributed by atoms with Gasteiger partial charge in [-0.25, -0.2) is 0 Å². The number of likely N-dealkylation sites (N-methyl/N-ethyl adjacent to an activating group) is 1. The summed E-state index contributed by atoms with van der Waals surface area (Å²) in [5.74, 6) is -1.88. The summed E-state index contributed by atoms with van der Waals surface area (Å²) in [6.07, 6.45) is -2.77. The summed E-state index contributed by atoms with van der Waals surface area (Å²) < 4.78 is 37.9. The molecular weight excluding hydrogens is 243 g/mol. The molecule has 2 atom stereocenters. The number of alkyl halides is 3. The molecule has 0 bridgehead atoms. The van der Waals surface area contributed by atoms with E-state index in [9.17, 15) is 13.2 Å². The summed E-state index contributed by atoms with van der Waals surface area (Å²) in [7, 11) is 1.98. The molecule has 1 fully saturated rings. The molecule has 104 valence electrons. The number of rotatable bonds is 3. The highest BCUT2D eigenvalue weighted by Crippen LogP contribution is 2.27. The molecule has 1 rings (SSSR count). The number of nitriles is 1. The zero-order valence-electron chi connectivity index (χ0n) is 10.9. The van der Waals surface area contributed by atoms with Crippen molar-refractivity contribution in [2.24, 2.45) is 5.92 Å². The van der Waals surface area contributed by atoms with Crippen LogP contribution in [0.2, 0.25) is 0 Å². The second-order valence-corrected chi connectivity index (χ2v) is 4.90. The largest absolute Gasteiger partial charge is 0.405 e. The third kappa shape index (κ3) is 4.14. The predicted molar refractivity (Wildman–Crippen MR) is 62.9 cm³/mol. The van der Waals surface area contributed by atoms with Crippen LogP contribution in [0.4, 0.5) is 13.2 Å². The third-order valence-corrected chi connectivity index (χ3v) is 3.46. The lowest BCUT2D eigenvalue weighted by Crippen LogP contribution is -2.44. The Morgan fingerprint density at radius 3 is 2.56 bits per heavy atom. The SMILES string of the molecule is CCC1CN(C)CCCN1CC(C#N)C(F)(F)F. The third-order valence-electron chi connectivity index (χ3n) is 3.46. The van der Waals surface area contributed by atoms with Crippen LogP contribution in [0.1, 0.15) is 19.8 Å². The lowest BCUT2D eigenvalue weighted by Gasteiger charge is -2.31. The Kier molecular flexibility index (Phi) is 5.42. The highest BCUT2D eigenvalue weighted by molar-refractivity contribution is 4.92. The fourth-order valence-electron chi connectivity index (χ4n) is 2.37. The zero-order valence-corrected chi connectivity index (χ0v) is 10.9. The Balaban J connectivity index is 2.71. The van der Waals surface area contributed by atoms with Crippen LogP contribution in [0.15, 0.2) is 0 Å². The molecule has 1 saturated heterocycles. The minimum Gasteiger partial charge on any atom is -0.305 e. The first-order valence-electron chi connectivity index (χ1n) is 6.27. The summed E-state index contributed by atoms with van der Waals surface area (Å²) in [4.78, 5) is 3.97. The van der Waals surface area contributed by atoms with Gasteiger partial charge in [-0.15, -0.1) is 0 Å². The van der Waals surface area contributed by atoms with Gasteiger partial charge in [-0.1, -0.05) is 6.92 Å². The van der Waals surface area contributed by atoms with Crippen LogP contribution >= 0.6 is 0 Å². The van der Waals surface area contributed by atoms with Gasteiger partial charge < -0.3 is 4.90 Å². The normalized spacial score (nSPS) is 25.4. The van der Waals surface area contributed by atoms with Crippen LogP contribution in [0.5, 0.6) is 0 Å². The average molecular weight is 263 g/mol. The van der Waals surface area contributed by atoms with E-state index in [1.54, 1.807) is 0 Å². The van der Waals surface area contributed by atoms with Gasteiger partial charge in [-0.3, -0.25) is 4.90 Å². The predicted octanol–water partition coefficient (Wildman–Crippen LogP) is 2.10. The maximum atomic E-state index is 12.6. The molecule has 0 saturated carbocycles. The van der Waals surface area contributed by atoms with Crippen LogP contribution in [0, 0.1) is 17.2 Å². The average Bonchev–Trinajstić information content (AvgIpc) is 2.45. The first kappa shape index (κ1) is 15.3. The molecule has 0 aliphatic carbocycles. The first-order chi connectivity index (χ1) is 8.38. The van der Waals surface area contributed by atoms with Gasteiger partial charge in [-0.2, -0.15) is 18.4 Å². The summed E-state index contributed by atoms with van der Waals surface area (Å²) in [5.41, 5.74) is 0. The number of hydrogen-bond acceptors (Lipinski definition) is 3. The summed E-state index contributed by atoms with van der Waals surface area (Å²) in [6.45, 7) is 4.08. The van der Waals surface area contributed by atoms with Gasteiger partial charge in [0, 0.05) is 19.1 Å². The van der Waals surface area contributed by atoms with Crippen molar-refractivity contribution >= 4 is 0 Å². The number of nitrogens with zero attached hydrogens (tertiary/aromatic N) is 3. The fourth-order valence-corrected chi connectivity index (χ4v) is 2.37. The molecule has 6 heteroatoms. The number of hydrogen-bond donors (Lipinski definition) is 0. The fraction of sp³-hybridized carbons (Fsp3) is 0.917. The summed E-state index contributed by atoms with van der Waals surface area (Å²) in [6, 6.07) is 1.49. The first-order valence-corrected chi connectivity index (χ1v) is 6.27. The Bertz CT molecular complexity index is 298. The highest BCUT2D eigenvalue weighted by Gasteiger charge is 2.41. The monoisotopic (exact) mass is 263 g/mol. The van der Waals surface area contributed by atoms with E-state index in [0.29, 0.717) is 6.54 Å². The molecule has 3 nitrogen and oxygen atoms in total. The molecule has 1 aliphatic rings. The van der Waals surface area contributed by atoms with Crippen molar-refractivity contribution in [3.63, 3.8) is 0 Å². The van der Waals surface area contributed by atoms with Crippen LogP contribution in [0.3, 0.4) is 0 Å². The topological polar surface area (TPSA) is 30.3 Å². The van der Waals surface area contributed by atoms with Crippen LogP contribution in [-0.2, 0) is 0 Å². The molecule has 0 aromatic carbocycles. The minimum atomic E-state index is -4.43. The quantitative estimate of drug-likeness (QED) is 0.781. The molecule has 18 heavy (non-hydrogen) atoms. The lowest BCUT2D eigenvalue weighted by atomic mass is 10.1. The summed E-state index contributed by atoms with van der Waals surface area (Å²) >= 11 is 0. The second-order valence-electron chi connectivity index (χ2n) is 4.90. The van der Waals surface area contributed by atoms with E-state index in [1.807, 2.05) is 18.9 Å². The molecular formula is C12H20F3N3. The van der Waals surface area contributed by atoms with Gasteiger partial charge in [0.2, 0.25) is 0 Å². The molecule has 0 amide bonds. The Hall–Kier alpha value is -0.800. The Morgan fingerprint density at radius 1 is 1.39 bits per heavy atom. The van der Waals surface area contributed by atoms with E-state index in [-0.39, 0.29) is 12.6 Å². The van der Waals surface area contributed by atoms with Crippen LogP contribution in [-0.4, -0.2) is 55.2 Å². The van der Waals surface area contributed by atoms with Crippen molar-refractivity contribution in [3.8, 4) is 6.07 Å². The van der Waals surface area contributed by atoms with Crippen molar-refractivity contribution < 1.29 is 13.2 Å². The van der Waals surface area contributed by atoms with Crippen molar-refractivity contribution in [2.75, 3.05) is 33.2 Å². The summed E-state index contributed by atoms with van der Waals surface area (Å²) in [5, 5.41) is 8.67. The maximum absolute atomic E-state index is 12.6. The van der Waals surface area contributed by atoms with Crippen molar-refractivity contribution in [1.82, 2.24) is 9.80 Å². The van der Waals surface area contributed by atoms with Gasteiger partial charge in [-0.05, 0) is 33.0 Å². The molecule has 0 N–H and O–H groups in total. The van der Waals surface area contributed by atoms with Crippen molar-refractivity contribution in [3.05, 3.63) is 0 Å². The standard InChI is InChI=1S/C12H20F3N3/c1-3-11-9-17(2)5-4-6-18(11)8-10(7-16)12(13,14)15/h10-11H,3-6,8-9H2,1-2H3. The minimum absolute atomic E-state index is 0.107. The number of halogens is 3. The van der Waals surface area contributed by atoms with E-state index in [2.05, 4.69) is 4.90 Å². The van der Waals surface area contributed by atoms with Crippen LogP contribution < -0.4 is 0 Å². The Labute approximate surface area is 106 Å². The maximum Gasteiger partial charge on any atom is 0.405 e. The molecule has 0 spiro atoms. The highest BCUT2D eigenvalue weighted by atomic mass is 19.4. The van der Waals surface area contributed by atoms with Crippen LogP contribution in [0.25, 0.3) is 0 Å². The molecule has 0 radical (unpaired) electrons. The molecule has 0 aromatic heterocycles. The van der Waals surface area contributed by atoms with E-state index in [4.69, 9.17) is 5.26 Å².